The van der Waals surface area contributed by atoms with Gasteiger partial charge in [-0.1, -0.05) is 13.8 Å². The summed E-state index contributed by atoms with van der Waals surface area (Å²) in [7, 11) is 0. The highest BCUT2D eigenvalue weighted by atomic mass is 19.4. The van der Waals surface area contributed by atoms with Crippen molar-refractivity contribution in [3.05, 3.63) is 23.8 Å². The topological polar surface area (TPSA) is 58.3 Å². The Kier molecular flexibility index (Phi) is 4.45. The number of nitrogen functional groups attached to an aromatic ring is 1. The van der Waals surface area contributed by atoms with Gasteiger partial charge in [-0.25, -0.2) is 0 Å². The van der Waals surface area contributed by atoms with Gasteiger partial charge in [-0.3, -0.25) is 0 Å². The average Bonchev–Trinajstić information content (AvgIpc) is 2.25. The highest BCUT2D eigenvalue weighted by Gasteiger charge is 2.33. The number of hydrogen-bond acceptors (Lipinski definition) is 3. The van der Waals surface area contributed by atoms with E-state index in [1.165, 1.54) is 12.1 Å². The third-order valence-electron chi connectivity index (χ3n) is 2.71. The number of aliphatic hydroxyl groups is 1. The van der Waals surface area contributed by atoms with E-state index >= 15 is 0 Å². The van der Waals surface area contributed by atoms with Crippen LogP contribution in [0.3, 0.4) is 0 Å². The van der Waals surface area contributed by atoms with E-state index in [2.05, 4.69) is 5.32 Å². The zero-order valence-corrected chi connectivity index (χ0v) is 10.3. The Morgan fingerprint density at radius 3 is 2.39 bits per heavy atom. The maximum absolute atomic E-state index is 12.6. The lowest BCUT2D eigenvalue weighted by molar-refractivity contribution is -0.136. The largest absolute Gasteiger partial charge is 0.418 e. The zero-order chi connectivity index (χ0) is 13.9. The standard InChI is InChI=1S/C12H17F3N2O/c1-7(2)11(6-18)17-8-3-4-10(16)9(5-8)12(13,14)15/h3-5,7,11,17-18H,6,16H2,1-2H3/t11-/m1/s1. The van der Waals surface area contributed by atoms with Gasteiger partial charge in [0.25, 0.3) is 0 Å². The molecule has 0 bridgehead atoms. The summed E-state index contributed by atoms with van der Waals surface area (Å²) in [6, 6.07) is 3.34. The minimum absolute atomic E-state index is 0.0990. The molecule has 1 aromatic carbocycles. The van der Waals surface area contributed by atoms with Crippen LogP contribution in [0.25, 0.3) is 0 Å². The van der Waals surface area contributed by atoms with Crippen LogP contribution in [0, 0.1) is 5.92 Å². The van der Waals surface area contributed by atoms with Gasteiger partial charge in [0.2, 0.25) is 0 Å². The van der Waals surface area contributed by atoms with Gasteiger partial charge < -0.3 is 16.2 Å². The molecule has 1 rings (SSSR count). The third-order valence-corrected chi connectivity index (χ3v) is 2.71. The summed E-state index contributed by atoms with van der Waals surface area (Å²) in [5, 5.41) is 12.0. The van der Waals surface area contributed by atoms with Gasteiger partial charge in [0.15, 0.2) is 0 Å². The van der Waals surface area contributed by atoms with Crippen LogP contribution in [0.4, 0.5) is 24.5 Å². The van der Waals surface area contributed by atoms with Gasteiger partial charge in [-0.2, -0.15) is 13.2 Å². The number of anilines is 2. The second-order valence-corrected chi connectivity index (χ2v) is 4.48. The quantitative estimate of drug-likeness (QED) is 0.731. The van der Waals surface area contributed by atoms with E-state index in [9.17, 15) is 13.2 Å². The number of rotatable bonds is 4. The van der Waals surface area contributed by atoms with Crippen molar-refractivity contribution in [1.82, 2.24) is 0 Å². The fourth-order valence-electron chi connectivity index (χ4n) is 1.53. The van der Waals surface area contributed by atoms with Gasteiger partial charge in [0, 0.05) is 11.4 Å². The Labute approximate surface area is 104 Å². The normalized spacial score (nSPS) is 13.7. The van der Waals surface area contributed by atoms with Crippen molar-refractivity contribution in [3.63, 3.8) is 0 Å². The molecule has 0 saturated heterocycles. The van der Waals surface area contributed by atoms with Crippen molar-refractivity contribution in [2.75, 3.05) is 17.7 Å². The van der Waals surface area contributed by atoms with Crippen LogP contribution < -0.4 is 11.1 Å². The van der Waals surface area contributed by atoms with Gasteiger partial charge in [0.05, 0.1) is 18.2 Å². The van der Waals surface area contributed by atoms with E-state index in [-0.39, 0.29) is 24.3 Å². The lowest BCUT2D eigenvalue weighted by Gasteiger charge is -2.22. The first-order chi connectivity index (χ1) is 8.25. The molecule has 0 heterocycles. The molecular formula is C12H17F3N2O. The summed E-state index contributed by atoms with van der Waals surface area (Å²) < 4.78 is 37.9. The van der Waals surface area contributed by atoms with E-state index in [4.69, 9.17) is 10.8 Å². The Bertz CT molecular complexity index is 405. The molecule has 0 fully saturated rings. The molecule has 4 N–H and O–H groups in total. The van der Waals surface area contributed by atoms with E-state index in [0.29, 0.717) is 5.69 Å². The molecule has 1 aromatic rings. The van der Waals surface area contributed by atoms with Crippen LogP contribution in [0.15, 0.2) is 18.2 Å². The zero-order valence-electron chi connectivity index (χ0n) is 10.3. The molecule has 0 aliphatic carbocycles. The second-order valence-electron chi connectivity index (χ2n) is 4.48. The summed E-state index contributed by atoms with van der Waals surface area (Å²) in [5.41, 5.74) is 4.42. The lowest BCUT2D eigenvalue weighted by atomic mass is 10.0. The number of aliphatic hydroxyl groups excluding tert-OH is 1. The molecule has 18 heavy (non-hydrogen) atoms. The maximum Gasteiger partial charge on any atom is 0.418 e. The lowest BCUT2D eigenvalue weighted by Crippen LogP contribution is -2.29. The first kappa shape index (κ1) is 14.6. The maximum atomic E-state index is 12.6. The van der Waals surface area contributed by atoms with Crippen LogP contribution in [-0.2, 0) is 6.18 Å². The van der Waals surface area contributed by atoms with Crippen LogP contribution in [-0.4, -0.2) is 17.8 Å². The fraction of sp³-hybridized carbons (Fsp3) is 0.500. The number of hydrogen-bond donors (Lipinski definition) is 3. The minimum Gasteiger partial charge on any atom is -0.398 e. The molecule has 0 unspecified atom stereocenters. The Hall–Kier alpha value is -1.43. The summed E-state index contributed by atoms with van der Waals surface area (Å²) in [5.74, 6) is 0.0990. The first-order valence-electron chi connectivity index (χ1n) is 5.59. The molecule has 3 nitrogen and oxygen atoms in total. The van der Waals surface area contributed by atoms with Crippen LogP contribution >= 0.6 is 0 Å². The molecule has 0 aromatic heterocycles. The highest BCUT2D eigenvalue weighted by Crippen LogP contribution is 2.35. The summed E-state index contributed by atoms with van der Waals surface area (Å²) in [6.07, 6.45) is -4.48. The number of nitrogens with two attached hydrogens (primary N) is 1. The third kappa shape index (κ3) is 3.53. The highest BCUT2D eigenvalue weighted by molar-refractivity contribution is 5.58. The predicted molar refractivity (Wildman–Crippen MR) is 65.2 cm³/mol. The van der Waals surface area contributed by atoms with Gasteiger partial charge >= 0.3 is 6.18 Å². The van der Waals surface area contributed by atoms with Crippen molar-refractivity contribution >= 4 is 11.4 Å². The molecule has 6 heteroatoms. The summed E-state index contributed by atoms with van der Waals surface area (Å²) in [6.45, 7) is 3.59. The van der Waals surface area contributed by atoms with Crippen molar-refractivity contribution in [2.24, 2.45) is 5.92 Å². The number of alkyl halides is 3. The van der Waals surface area contributed by atoms with Crippen LogP contribution in [0.2, 0.25) is 0 Å². The van der Waals surface area contributed by atoms with Crippen molar-refractivity contribution in [1.29, 1.82) is 0 Å². The molecule has 1 atom stereocenters. The smallest absolute Gasteiger partial charge is 0.398 e. The Morgan fingerprint density at radius 1 is 1.33 bits per heavy atom. The minimum atomic E-state index is -4.48. The molecule has 0 saturated carbocycles. The molecule has 0 radical (unpaired) electrons. The van der Waals surface area contributed by atoms with Crippen molar-refractivity contribution in [3.8, 4) is 0 Å². The predicted octanol–water partition coefficient (Wildman–Crippen LogP) is 2.72. The van der Waals surface area contributed by atoms with Crippen LogP contribution in [0.5, 0.6) is 0 Å². The van der Waals surface area contributed by atoms with Crippen molar-refractivity contribution < 1.29 is 18.3 Å². The molecule has 0 spiro atoms. The van der Waals surface area contributed by atoms with Gasteiger partial charge in [0.1, 0.15) is 0 Å². The molecule has 0 aliphatic heterocycles. The summed E-state index contributed by atoms with van der Waals surface area (Å²) >= 11 is 0. The van der Waals surface area contributed by atoms with E-state index in [0.717, 1.165) is 6.07 Å². The average molecular weight is 262 g/mol. The number of halogens is 3. The van der Waals surface area contributed by atoms with E-state index < -0.39 is 11.7 Å². The summed E-state index contributed by atoms with van der Waals surface area (Å²) in [4.78, 5) is 0. The Balaban J connectivity index is 2.99. The van der Waals surface area contributed by atoms with E-state index in [1.807, 2.05) is 13.8 Å². The SMILES string of the molecule is CC(C)[C@@H](CO)Nc1ccc(N)c(C(F)(F)F)c1. The molecule has 0 amide bonds. The number of benzene rings is 1. The van der Waals surface area contributed by atoms with Gasteiger partial charge in [-0.05, 0) is 24.1 Å². The van der Waals surface area contributed by atoms with Crippen molar-refractivity contribution in [2.45, 2.75) is 26.1 Å². The molecular weight excluding hydrogens is 245 g/mol. The Morgan fingerprint density at radius 2 is 1.94 bits per heavy atom. The van der Waals surface area contributed by atoms with Crippen LogP contribution in [0.1, 0.15) is 19.4 Å². The van der Waals surface area contributed by atoms with Gasteiger partial charge in [-0.15, -0.1) is 0 Å². The van der Waals surface area contributed by atoms with E-state index in [1.54, 1.807) is 0 Å². The monoisotopic (exact) mass is 262 g/mol. The molecule has 0 aliphatic rings. The molecule has 102 valence electrons. The first-order valence-corrected chi connectivity index (χ1v) is 5.59. The second kappa shape index (κ2) is 5.48. The number of nitrogens with one attached hydrogen (secondary N) is 1. The fourth-order valence-corrected chi connectivity index (χ4v) is 1.53.